The molecule has 1 heterocycles. The van der Waals surface area contributed by atoms with E-state index in [-0.39, 0.29) is 5.54 Å². The number of aryl methyl sites for hydroxylation is 2. The molecule has 0 saturated heterocycles. The van der Waals surface area contributed by atoms with Crippen LogP contribution in [0.15, 0.2) is 0 Å². The van der Waals surface area contributed by atoms with Crippen LogP contribution in [0.25, 0.3) is 0 Å². The van der Waals surface area contributed by atoms with E-state index >= 15 is 0 Å². The standard InChI is InChI=1S/C17H33N3S/c1-8-11-18-15(17(6,7)20(9-2)10-3)12-16-19-13(4)14(5)21-16/h15,18H,8-12H2,1-7H3. The van der Waals surface area contributed by atoms with Crippen molar-refractivity contribution in [1.29, 1.82) is 0 Å². The summed E-state index contributed by atoms with van der Waals surface area (Å²) in [5, 5.41) is 5.02. The van der Waals surface area contributed by atoms with Crippen molar-refractivity contribution >= 4 is 11.3 Å². The molecule has 1 unspecified atom stereocenters. The molecule has 0 aliphatic rings. The van der Waals surface area contributed by atoms with Gasteiger partial charge in [0.2, 0.25) is 0 Å². The lowest BCUT2D eigenvalue weighted by Gasteiger charge is -2.43. The number of thiazole rings is 1. The SMILES string of the molecule is CCCNC(Cc1nc(C)c(C)s1)C(C)(C)N(CC)CC. The van der Waals surface area contributed by atoms with Gasteiger partial charge in [-0.1, -0.05) is 20.8 Å². The number of likely N-dealkylation sites (N-methyl/N-ethyl adjacent to an activating group) is 1. The molecule has 0 radical (unpaired) electrons. The summed E-state index contributed by atoms with van der Waals surface area (Å²) in [6.45, 7) is 19.0. The van der Waals surface area contributed by atoms with Crippen molar-refractivity contribution < 1.29 is 0 Å². The molecule has 1 rings (SSSR count). The summed E-state index contributed by atoms with van der Waals surface area (Å²) >= 11 is 1.85. The van der Waals surface area contributed by atoms with E-state index in [1.54, 1.807) is 0 Å². The molecule has 4 heteroatoms. The van der Waals surface area contributed by atoms with Gasteiger partial charge in [-0.2, -0.15) is 0 Å². The van der Waals surface area contributed by atoms with Crippen molar-refractivity contribution in [3.63, 3.8) is 0 Å². The quantitative estimate of drug-likeness (QED) is 0.752. The van der Waals surface area contributed by atoms with Crippen molar-refractivity contribution in [2.24, 2.45) is 0 Å². The molecule has 0 spiro atoms. The fourth-order valence-corrected chi connectivity index (χ4v) is 3.93. The number of nitrogens with zero attached hydrogens (tertiary/aromatic N) is 2. The minimum atomic E-state index is 0.131. The molecule has 0 saturated carbocycles. The van der Waals surface area contributed by atoms with E-state index in [0.717, 1.165) is 26.1 Å². The zero-order valence-electron chi connectivity index (χ0n) is 14.9. The summed E-state index contributed by atoms with van der Waals surface area (Å²) in [7, 11) is 0. The number of nitrogens with one attached hydrogen (secondary N) is 1. The van der Waals surface area contributed by atoms with Gasteiger partial charge in [-0.05, 0) is 53.8 Å². The largest absolute Gasteiger partial charge is 0.312 e. The smallest absolute Gasteiger partial charge is 0.0947 e. The van der Waals surface area contributed by atoms with Gasteiger partial charge in [-0.3, -0.25) is 4.90 Å². The second-order valence-corrected chi connectivity index (χ2v) is 7.57. The van der Waals surface area contributed by atoms with E-state index < -0.39 is 0 Å². The van der Waals surface area contributed by atoms with E-state index in [0.29, 0.717) is 6.04 Å². The number of aromatic nitrogens is 1. The lowest BCUT2D eigenvalue weighted by Crippen LogP contribution is -2.58. The van der Waals surface area contributed by atoms with Crippen molar-refractivity contribution in [3.05, 3.63) is 15.6 Å². The maximum absolute atomic E-state index is 4.74. The summed E-state index contributed by atoms with van der Waals surface area (Å²) < 4.78 is 0. The van der Waals surface area contributed by atoms with Crippen molar-refractivity contribution in [2.45, 2.75) is 72.9 Å². The molecule has 1 aromatic rings. The molecule has 122 valence electrons. The maximum atomic E-state index is 4.74. The Morgan fingerprint density at radius 1 is 1.19 bits per heavy atom. The number of rotatable bonds is 9. The van der Waals surface area contributed by atoms with E-state index in [1.807, 2.05) is 11.3 Å². The van der Waals surface area contributed by atoms with Crippen molar-refractivity contribution in [3.8, 4) is 0 Å². The zero-order valence-corrected chi connectivity index (χ0v) is 15.7. The van der Waals surface area contributed by atoms with Crippen LogP contribution in [-0.2, 0) is 6.42 Å². The van der Waals surface area contributed by atoms with Crippen LogP contribution in [-0.4, -0.2) is 41.1 Å². The zero-order chi connectivity index (χ0) is 16.0. The van der Waals surface area contributed by atoms with Crippen molar-refractivity contribution in [2.75, 3.05) is 19.6 Å². The average molecular weight is 312 g/mol. The Bertz CT molecular complexity index is 402. The van der Waals surface area contributed by atoms with E-state index in [1.165, 1.54) is 22.0 Å². The normalized spacial score (nSPS) is 13.9. The number of hydrogen-bond acceptors (Lipinski definition) is 4. The van der Waals surface area contributed by atoms with Gasteiger partial charge < -0.3 is 5.32 Å². The summed E-state index contributed by atoms with van der Waals surface area (Å²) in [5.74, 6) is 0. The van der Waals surface area contributed by atoms with Crippen LogP contribution in [0.4, 0.5) is 0 Å². The third kappa shape index (κ3) is 4.76. The van der Waals surface area contributed by atoms with Gasteiger partial charge in [0, 0.05) is 22.9 Å². The van der Waals surface area contributed by atoms with Crippen LogP contribution < -0.4 is 5.32 Å². The van der Waals surface area contributed by atoms with Crippen molar-refractivity contribution in [1.82, 2.24) is 15.2 Å². The molecule has 0 aromatic carbocycles. The Morgan fingerprint density at radius 2 is 1.81 bits per heavy atom. The summed E-state index contributed by atoms with van der Waals surface area (Å²) in [5.41, 5.74) is 1.32. The lowest BCUT2D eigenvalue weighted by atomic mass is 9.89. The van der Waals surface area contributed by atoms with Gasteiger partial charge in [0.1, 0.15) is 0 Å². The molecule has 3 nitrogen and oxygen atoms in total. The molecular formula is C17H33N3S. The summed E-state index contributed by atoms with van der Waals surface area (Å²) in [6.07, 6.45) is 2.18. The van der Waals surface area contributed by atoms with Crippen LogP contribution in [0.5, 0.6) is 0 Å². The van der Waals surface area contributed by atoms with Gasteiger partial charge in [-0.25, -0.2) is 4.98 Å². The molecule has 1 N–H and O–H groups in total. The van der Waals surface area contributed by atoms with Gasteiger partial charge in [0.05, 0.1) is 10.7 Å². The minimum absolute atomic E-state index is 0.131. The second-order valence-electron chi connectivity index (χ2n) is 6.29. The molecular weight excluding hydrogens is 278 g/mol. The van der Waals surface area contributed by atoms with E-state index in [9.17, 15) is 0 Å². The Hall–Kier alpha value is -0.450. The third-order valence-electron chi connectivity index (χ3n) is 4.52. The van der Waals surface area contributed by atoms with E-state index in [2.05, 4.69) is 58.7 Å². The first kappa shape index (κ1) is 18.6. The first-order valence-electron chi connectivity index (χ1n) is 8.28. The van der Waals surface area contributed by atoms with Gasteiger partial charge in [0.25, 0.3) is 0 Å². The fraction of sp³-hybridized carbons (Fsp3) is 0.824. The van der Waals surface area contributed by atoms with E-state index in [4.69, 9.17) is 4.98 Å². The van der Waals surface area contributed by atoms with Gasteiger partial charge >= 0.3 is 0 Å². The van der Waals surface area contributed by atoms with Crippen LogP contribution >= 0.6 is 11.3 Å². The lowest BCUT2D eigenvalue weighted by molar-refractivity contribution is 0.0911. The van der Waals surface area contributed by atoms with Crippen LogP contribution in [0.3, 0.4) is 0 Å². The van der Waals surface area contributed by atoms with Crippen LogP contribution in [0.1, 0.15) is 56.6 Å². The monoisotopic (exact) mass is 311 g/mol. The summed E-state index contributed by atoms with van der Waals surface area (Å²) in [4.78, 5) is 8.64. The molecule has 0 amide bonds. The summed E-state index contributed by atoms with van der Waals surface area (Å²) in [6, 6.07) is 0.433. The molecule has 1 aromatic heterocycles. The highest BCUT2D eigenvalue weighted by molar-refractivity contribution is 7.11. The Morgan fingerprint density at radius 3 is 2.24 bits per heavy atom. The Balaban J connectivity index is 2.93. The first-order valence-corrected chi connectivity index (χ1v) is 9.09. The third-order valence-corrected chi connectivity index (χ3v) is 5.62. The Kier molecular flexibility index (Phi) is 7.31. The minimum Gasteiger partial charge on any atom is -0.312 e. The van der Waals surface area contributed by atoms with Gasteiger partial charge in [-0.15, -0.1) is 11.3 Å². The van der Waals surface area contributed by atoms with Crippen LogP contribution in [0.2, 0.25) is 0 Å². The fourth-order valence-electron chi connectivity index (χ4n) is 2.95. The topological polar surface area (TPSA) is 28.2 Å². The van der Waals surface area contributed by atoms with Gasteiger partial charge in [0.15, 0.2) is 0 Å². The highest BCUT2D eigenvalue weighted by Gasteiger charge is 2.34. The number of hydrogen-bond donors (Lipinski definition) is 1. The molecule has 21 heavy (non-hydrogen) atoms. The Labute approximate surface area is 135 Å². The molecule has 1 atom stereocenters. The predicted molar refractivity (Wildman–Crippen MR) is 94.4 cm³/mol. The highest BCUT2D eigenvalue weighted by Crippen LogP contribution is 2.25. The first-order chi connectivity index (χ1) is 9.86. The highest BCUT2D eigenvalue weighted by atomic mass is 32.1. The molecule has 0 aliphatic carbocycles. The average Bonchev–Trinajstić information content (AvgIpc) is 2.74. The molecule has 0 bridgehead atoms. The van der Waals surface area contributed by atoms with Crippen LogP contribution in [0, 0.1) is 13.8 Å². The molecule has 0 aliphatic heterocycles. The second kappa shape index (κ2) is 8.25. The predicted octanol–water partition coefficient (Wildman–Crippen LogP) is 3.79. The maximum Gasteiger partial charge on any atom is 0.0947 e. The molecule has 0 fully saturated rings.